The Labute approximate surface area is 116 Å². The van der Waals surface area contributed by atoms with Crippen LogP contribution >= 0.6 is 0 Å². The maximum Gasteiger partial charge on any atom is 0.306 e. The van der Waals surface area contributed by atoms with Crippen molar-refractivity contribution in [2.24, 2.45) is 10.8 Å². The second kappa shape index (κ2) is 6.36. The van der Waals surface area contributed by atoms with E-state index in [1.165, 1.54) is 0 Å². The van der Waals surface area contributed by atoms with Gasteiger partial charge >= 0.3 is 5.97 Å². The van der Waals surface area contributed by atoms with Crippen LogP contribution in [0.1, 0.15) is 59.8 Å². The van der Waals surface area contributed by atoms with Crippen LogP contribution in [0.4, 0.5) is 0 Å². The van der Waals surface area contributed by atoms with Gasteiger partial charge in [-0.2, -0.15) is 0 Å². The lowest BCUT2D eigenvalue weighted by Crippen LogP contribution is -2.40. The molecule has 0 saturated carbocycles. The minimum atomic E-state index is -0.448. The van der Waals surface area contributed by atoms with Gasteiger partial charge in [-0.05, 0) is 18.3 Å². The van der Waals surface area contributed by atoms with Gasteiger partial charge in [-0.25, -0.2) is 0 Å². The molecular weight excluding hydrogens is 240 g/mol. The van der Waals surface area contributed by atoms with Crippen LogP contribution in [0, 0.1) is 10.8 Å². The summed E-state index contributed by atoms with van der Waals surface area (Å²) in [5.74, 6) is -0.236. The van der Waals surface area contributed by atoms with Gasteiger partial charge in [0.2, 0.25) is 0 Å². The van der Waals surface area contributed by atoms with Gasteiger partial charge in [-0.1, -0.05) is 52.7 Å². The lowest BCUT2D eigenvalue weighted by atomic mass is 9.66. The molecule has 0 saturated heterocycles. The van der Waals surface area contributed by atoms with Crippen molar-refractivity contribution in [3.05, 3.63) is 12.2 Å². The fraction of sp³-hybridized carbons (Fsp3) is 0.750. The zero-order chi connectivity index (χ0) is 14.5. The van der Waals surface area contributed by atoms with Gasteiger partial charge in [0.05, 0.1) is 0 Å². The van der Waals surface area contributed by atoms with E-state index in [1.807, 2.05) is 13.0 Å². The summed E-state index contributed by atoms with van der Waals surface area (Å²) < 4.78 is 5.11. The highest BCUT2D eigenvalue weighted by Crippen LogP contribution is 2.48. The highest BCUT2D eigenvalue weighted by atomic mass is 16.5. The molecule has 0 aromatic carbocycles. The molecule has 0 heterocycles. The van der Waals surface area contributed by atoms with Crippen LogP contribution in [0.5, 0.6) is 0 Å². The molecule has 1 aliphatic carbocycles. The Morgan fingerprint density at radius 3 is 2.42 bits per heavy atom. The molecule has 0 aromatic rings. The standard InChI is InChI=1S/C16H26O3/c1-5-6-7-9-14(18)19-12-13(17)16(4)11-8-10-15(16,2)3/h8,10H,5-7,9,11-12H2,1-4H3/t16-/m0/s1. The number of hydrogen-bond donors (Lipinski definition) is 0. The maximum absolute atomic E-state index is 12.3. The van der Waals surface area contributed by atoms with E-state index >= 15 is 0 Å². The molecule has 0 radical (unpaired) electrons. The van der Waals surface area contributed by atoms with Crippen molar-refractivity contribution in [2.75, 3.05) is 6.61 Å². The summed E-state index contributed by atoms with van der Waals surface area (Å²) in [7, 11) is 0. The van der Waals surface area contributed by atoms with Crippen molar-refractivity contribution in [2.45, 2.75) is 59.8 Å². The largest absolute Gasteiger partial charge is 0.458 e. The Kier molecular flexibility index (Phi) is 5.33. The van der Waals surface area contributed by atoms with E-state index in [1.54, 1.807) is 0 Å². The predicted octanol–water partition coefficient (Wildman–Crippen LogP) is 3.67. The molecule has 3 nitrogen and oxygen atoms in total. The van der Waals surface area contributed by atoms with Crippen molar-refractivity contribution < 1.29 is 14.3 Å². The molecule has 0 N–H and O–H groups in total. The van der Waals surface area contributed by atoms with Gasteiger partial charge in [0.1, 0.15) is 0 Å². The number of Topliss-reactive ketones (excluding diaryl/α,β-unsaturated/α-hetero) is 1. The Balaban J connectivity index is 2.42. The Hall–Kier alpha value is -1.12. The van der Waals surface area contributed by atoms with Gasteiger partial charge in [0, 0.05) is 11.8 Å². The predicted molar refractivity (Wildman–Crippen MR) is 75.8 cm³/mol. The van der Waals surface area contributed by atoms with Crippen LogP contribution < -0.4 is 0 Å². The fourth-order valence-electron chi connectivity index (χ4n) is 2.41. The number of unbranched alkanes of at least 4 members (excludes halogenated alkanes) is 2. The van der Waals surface area contributed by atoms with E-state index in [0.29, 0.717) is 6.42 Å². The first-order chi connectivity index (χ1) is 8.83. The van der Waals surface area contributed by atoms with E-state index in [4.69, 9.17) is 4.74 Å². The summed E-state index contributed by atoms with van der Waals surface area (Å²) in [4.78, 5) is 23.8. The minimum absolute atomic E-state index is 0.0198. The van der Waals surface area contributed by atoms with Gasteiger partial charge in [-0.3, -0.25) is 9.59 Å². The molecule has 0 bridgehead atoms. The zero-order valence-corrected chi connectivity index (χ0v) is 12.6. The second-order valence-corrected chi connectivity index (χ2v) is 6.20. The molecule has 0 aromatic heterocycles. The summed E-state index contributed by atoms with van der Waals surface area (Å²) in [6, 6.07) is 0. The average Bonchev–Trinajstić information content (AvgIpc) is 2.62. The SMILES string of the molecule is CCCCCC(=O)OCC(=O)[C@]1(C)CC=CC1(C)C. The van der Waals surface area contributed by atoms with E-state index in [0.717, 1.165) is 25.7 Å². The molecule has 19 heavy (non-hydrogen) atoms. The van der Waals surface area contributed by atoms with Crippen LogP contribution in [0.15, 0.2) is 12.2 Å². The summed E-state index contributed by atoms with van der Waals surface area (Å²) in [5.41, 5.74) is -0.616. The van der Waals surface area contributed by atoms with E-state index in [-0.39, 0.29) is 23.8 Å². The molecule has 0 unspecified atom stereocenters. The summed E-state index contributed by atoms with van der Waals surface area (Å²) in [6.45, 7) is 8.06. The van der Waals surface area contributed by atoms with Crippen molar-refractivity contribution in [1.82, 2.24) is 0 Å². The number of rotatable bonds is 7. The van der Waals surface area contributed by atoms with E-state index in [2.05, 4.69) is 26.8 Å². The minimum Gasteiger partial charge on any atom is -0.458 e. The summed E-state index contributed by atoms with van der Waals surface area (Å²) in [5, 5.41) is 0. The Bertz CT molecular complexity index is 368. The van der Waals surface area contributed by atoms with Crippen LogP contribution in [-0.4, -0.2) is 18.4 Å². The van der Waals surface area contributed by atoms with Crippen LogP contribution in [0.2, 0.25) is 0 Å². The first kappa shape index (κ1) is 15.9. The smallest absolute Gasteiger partial charge is 0.306 e. The molecule has 0 aliphatic heterocycles. The number of ketones is 1. The number of allylic oxidation sites excluding steroid dienone is 2. The molecular formula is C16H26O3. The third-order valence-electron chi connectivity index (χ3n) is 4.45. The molecule has 0 spiro atoms. The lowest BCUT2D eigenvalue weighted by molar-refractivity contribution is -0.152. The lowest BCUT2D eigenvalue weighted by Gasteiger charge is -2.36. The highest BCUT2D eigenvalue weighted by Gasteiger charge is 2.47. The molecule has 0 fully saturated rings. The van der Waals surface area contributed by atoms with Crippen molar-refractivity contribution in [1.29, 1.82) is 0 Å². The summed E-state index contributed by atoms with van der Waals surface area (Å²) in [6.07, 6.45) is 8.20. The van der Waals surface area contributed by atoms with Crippen LogP contribution in [-0.2, 0) is 14.3 Å². The second-order valence-electron chi connectivity index (χ2n) is 6.20. The van der Waals surface area contributed by atoms with Gasteiger partial charge in [0.25, 0.3) is 0 Å². The number of carbonyl (C=O) groups is 2. The molecule has 1 rings (SSSR count). The number of carbonyl (C=O) groups excluding carboxylic acids is 2. The monoisotopic (exact) mass is 266 g/mol. The number of esters is 1. The molecule has 108 valence electrons. The fourth-order valence-corrected chi connectivity index (χ4v) is 2.41. The van der Waals surface area contributed by atoms with Gasteiger partial charge in [-0.15, -0.1) is 0 Å². The van der Waals surface area contributed by atoms with Crippen LogP contribution in [0.25, 0.3) is 0 Å². The van der Waals surface area contributed by atoms with Crippen molar-refractivity contribution in [3.63, 3.8) is 0 Å². The first-order valence-electron chi connectivity index (χ1n) is 7.20. The molecule has 1 atom stereocenters. The number of ether oxygens (including phenoxy) is 1. The van der Waals surface area contributed by atoms with Crippen molar-refractivity contribution in [3.8, 4) is 0 Å². The Morgan fingerprint density at radius 2 is 1.89 bits per heavy atom. The third-order valence-corrected chi connectivity index (χ3v) is 4.45. The molecule has 0 amide bonds. The maximum atomic E-state index is 12.3. The Morgan fingerprint density at radius 1 is 1.21 bits per heavy atom. The van der Waals surface area contributed by atoms with Gasteiger partial charge < -0.3 is 4.74 Å². The first-order valence-corrected chi connectivity index (χ1v) is 7.20. The van der Waals surface area contributed by atoms with E-state index < -0.39 is 5.41 Å². The summed E-state index contributed by atoms with van der Waals surface area (Å²) >= 11 is 0. The van der Waals surface area contributed by atoms with E-state index in [9.17, 15) is 9.59 Å². The zero-order valence-electron chi connectivity index (χ0n) is 12.6. The van der Waals surface area contributed by atoms with Crippen molar-refractivity contribution >= 4 is 11.8 Å². The van der Waals surface area contributed by atoms with Gasteiger partial charge in [0.15, 0.2) is 12.4 Å². The third kappa shape index (κ3) is 3.68. The quantitative estimate of drug-likeness (QED) is 0.401. The number of hydrogen-bond acceptors (Lipinski definition) is 3. The molecule has 3 heteroatoms. The highest BCUT2D eigenvalue weighted by molar-refractivity contribution is 5.89. The van der Waals surface area contributed by atoms with Crippen LogP contribution in [0.3, 0.4) is 0 Å². The molecule has 1 aliphatic rings. The normalized spacial score (nSPS) is 24.4. The average molecular weight is 266 g/mol. The topological polar surface area (TPSA) is 43.4 Å².